The van der Waals surface area contributed by atoms with Crippen LogP contribution in [-0.2, 0) is 19.1 Å². The lowest BCUT2D eigenvalue weighted by Gasteiger charge is -2.35. The number of ether oxygens (including phenoxy) is 1. The minimum Gasteiger partial charge on any atom is -0.442 e. The molecule has 2 aliphatic heterocycles. The van der Waals surface area contributed by atoms with Gasteiger partial charge >= 0.3 is 5.97 Å². The van der Waals surface area contributed by atoms with Crippen LogP contribution in [0.2, 0.25) is 0 Å². The molecule has 186 valence electrons. The van der Waals surface area contributed by atoms with Crippen LogP contribution in [0.5, 0.6) is 0 Å². The van der Waals surface area contributed by atoms with E-state index in [1.54, 1.807) is 30.2 Å². The van der Waals surface area contributed by atoms with E-state index in [1.165, 1.54) is 26.2 Å². The molecule has 0 aromatic rings. The number of aliphatic hydroxyl groups is 2. The van der Waals surface area contributed by atoms with Crippen molar-refractivity contribution in [3.8, 4) is 0 Å². The van der Waals surface area contributed by atoms with E-state index in [4.69, 9.17) is 4.74 Å². The van der Waals surface area contributed by atoms with Gasteiger partial charge in [-0.25, -0.2) is 4.79 Å². The Bertz CT molecular complexity index is 954. The smallest absolute Gasteiger partial charge is 0.343 e. The summed E-state index contributed by atoms with van der Waals surface area (Å²) in [5.41, 5.74) is 0.474. The maximum absolute atomic E-state index is 13.4. The fraction of sp³-hybridized carbons (Fsp3) is 0.593. The zero-order valence-electron chi connectivity index (χ0n) is 20.6. The van der Waals surface area contributed by atoms with Crippen molar-refractivity contribution in [1.82, 2.24) is 4.90 Å². The van der Waals surface area contributed by atoms with E-state index < -0.39 is 17.7 Å². The predicted molar refractivity (Wildman–Crippen MR) is 128 cm³/mol. The van der Waals surface area contributed by atoms with Crippen molar-refractivity contribution in [2.24, 2.45) is 0 Å². The summed E-state index contributed by atoms with van der Waals surface area (Å²) in [6.45, 7) is 5.53. The van der Waals surface area contributed by atoms with Crippen molar-refractivity contribution in [3.05, 3.63) is 46.3 Å². The fourth-order valence-electron chi connectivity index (χ4n) is 4.82. The molecule has 7 heteroatoms. The van der Waals surface area contributed by atoms with Gasteiger partial charge in [0.2, 0.25) is 5.78 Å². The second kappa shape index (κ2) is 11.3. The largest absolute Gasteiger partial charge is 0.442 e. The molecule has 0 amide bonds. The third kappa shape index (κ3) is 5.41. The normalized spacial score (nSPS) is 22.6. The highest BCUT2D eigenvalue weighted by atomic mass is 16.6. The second-order valence-electron chi connectivity index (χ2n) is 9.58. The van der Waals surface area contributed by atoms with Crippen LogP contribution in [0, 0.1) is 0 Å². The summed E-state index contributed by atoms with van der Waals surface area (Å²) in [4.78, 5) is 40.9. The number of ketones is 2. The lowest BCUT2D eigenvalue weighted by atomic mass is 9.76. The molecular formula is C27H37NO6. The van der Waals surface area contributed by atoms with E-state index >= 15 is 0 Å². The van der Waals surface area contributed by atoms with Gasteiger partial charge in [-0.2, -0.15) is 0 Å². The Labute approximate surface area is 201 Å². The molecule has 3 aliphatic rings. The Morgan fingerprint density at radius 2 is 1.79 bits per heavy atom. The number of carbonyl (C=O) groups is 3. The number of rotatable bonds is 13. The van der Waals surface area contributed by atoms with E-state index in [9.17, 15) is 24.6 Å². The molecule has 2 unspecified atom stereocenters. The van der Waals surface area contributed by atoms with Gasteiger partial charge < -0.3 is 19.8 Å². The third-order valence-corrected chi connectivity index (χ3v) is 6.68. The van der Waals surface area contributed by atoms with Gasteiger partial charge in [-0.15, -0.1) is 0 Å². The molecule has 1 aliphatic carbocycles. The van der Waals surface area contributed by atoms with Crippen LogP contribution in [-0.4, -0.2) is 57.5 Å². The van der Waals surface area contributed by atoms with Gasteiger partial charge in [-0.05, 0) is 38.0 Å². The number of aliphatic hydroxyl groups excluding tert-OH is 2. The van der Waals surface area contributed by atoms with Gasteiger partial charge in [-0.1, -0.05) is 45.4 Å². The minimum atomic E-state index is -1.53. The van der Waals surface area contributed by atoms with E-state index in [0.717, 1.165) is 25.0 Å². The maximum atomic E-state index is 13.4. The fourth-order valence-corrected chi connectivity index (χ4v) is 4.82. The molecule has 0 spiro atoms. The van der Waals surface area contributed by atoms with E-state index in [1.807, 2.05) is 0 Å². The van der Waals surface area contributed by atoms with Crippen LogP contribution in [0.25, 0.3) is 0 Å². The van der Waals surface area contributed by atoms with Crippen LogP contribution >= 0.6 is 0 Å². The Balaban J connectivity index is 1.85. The van der Waals surface area contributed by atoms with E-state index in [0.29, 0.717) is 29.6 Å². The lowest BCUT2D eigenvalue weighted by molar-refractivity contribution is -0.153. The monoisotopic (exact) mass is 471 g/mol. The molecule has 3 rings (SSSR count). The molecule has 2 atom stereocenters. The molecule has 0 aromatic carbocycles. The highest BCUT2D eigenvalue weighted by Crippen LogP contribution is 2.44. The first-order chi connectivity index (χ1) is 16.2. The molecule has 2 N–H and O–H groups in total. The van der Waals surface area contributed by atoms with Crippen LogP contribution in [0.4, 0.5) is 0 Å². The van der Waals surface area contributed by atoms with E-state index in [2.05, 4.69) is 6.92 Å². The van der Waals surface area contributed by atoms with Crippen LogP contribution in [0.1, 0.15) is 78.6 Å². The summed E-state index contributed by atoms with van der Waals surface area (Å²) < 4.78 is 5.51. The summed E-state index contributed by atoms with van der Waals surface area (Å²) in [7, 11) is 0. The third-order valence-electron chi connectivity index (χ3n) is 6.68. The Hall–Kier alpha value is -2.51. The number of hydrogen-bond donors (Lipinski definition) is 2. The molecule has 7 nitrogen and oxygen atoms in total. The summed E-state index contributed by atoms with van der Waals surface area (Å²) in [6, 6.07) is 0. The van der Waals surface area contributed by atoms with Crippen molar-refractivity contribution in [2.45, 2.75) is 90.3 Å². The van der Waals surface area contributed by atoms with Gasteiger partial charge in [0.15, 0.2) is 11.4 Å². The summed E-state index contributed by atoms with van der Waals surface area (Å²) in [5, 5.41) is 19.3. The molecule has 0 bridgehead atoms. The molecule has 0 fully saturated rings. The van der Waals surface area contributed by atoms with Gasteiger partial charge in [0.05, 0.1) is 12.7 Å². The summed E-state index contributed by atoms with van der Waals surface area (Å²) >= 11 is 0. The van der Waals surface area contributed by atoms with Crippen LogP contribution in [0.15, 0.2) is 46.3 Å². The molecular weight excluding hydrogens is 434 g/mol. The van der Waals surface area contributed by atoms with Crippen molar-refractivity contribution in [3.63, 3.8) is 0 Å². The number of fused-ring (bicyclic) bond motifs is 2. The predicted octanol–water partition coefficient (Wildman–Crippen LogP) is 3.66. The van der Waals surface area contributed by atoms with Gasteiger partial charge in [-0.3, -0.25) is 9.59 Å². The number of unbranched alkanes of at least 4 members (excludes halogenated alkanes) is 6. The number of nitrogens with zero attached hydrogens (tertiary/aromatic N) is 1. The number of Topliss-reactive ketones (excluding diaryl/α,β-unsaturated/α-hetero) is 2. The number of allylic oxidation sites excluding steroid dienone is 2. The average molecular weight is 472 g/mol. The number of hydrogen-bond acceptors (Lipinski definition) is 7. The minimum absolute atomic E-state index is 0.0170. The molecule has 0 aromatic heterocycles. The SMILES string of the molecule is CCCCCCCCCC(=O)C1=C2C=C3C=C(CC(C)O)N(CCO)C=C3C(=O)C2(C)OC1=O. The van der Waals surface area contributed by atoms with Crippen molar-refractivity contribution < 1.29 is 29.3 Å². The highest BCUT2D eigenvalue weighted by Gasteiger charge is 2.54. The highest BCUT2D eigenvalue weighted by molar-refractivity contribution is 6.24. The second-order valence-corrected chi connectivity index (χ2v) is 9.58. The zero-order valence-corrected chi connectivity index (χ0v) is 20.6. The number of esters is 1. The first-order valence-electron chi connectivity index (χ1n) is 12.5. The van der Waals surface area contributed by atoms with Crippen LogP contribution in [0.3, 0.4) is 0 Å². The van der Waals surface area contributed by atoms with Gasteiger partial charge in [0.1, 0.15) is 5.57 Å². The lowest BCUT2D eigenvalue weighted by Crippen LogP contribution is -2.43. The standard InChI is InChI=1S/C27H37NO6/c1-4-5-6-7-8-9-10-11-23(31)24-22-16-19-15-20(14-18(2)30)28(12-13-29)17-21(19)25(32)27(22,3)34-26(24)33/h15-18,29-30H,4-14H2,1-3H3. The molecule has 2 heterocycles. The quantitative estimate of drug-likeness (QED) is 0.240. The first-order valence-corrected chi connectivity index (χ1v) is 12.5. The molecule has 34 heavy (non-hydrogen) atoms. The van der Waals surface area contributed by atoms with Crippen molar-refractivity contribution >= 4 is 17.5 Å². The van der Waals surface area contributed by atoms with Crippen molar-refractivity contribution in [1.29, 1.82) is 0 Å². The first kappa shape index (κ1) is 26.1. The Morgan fingerprint density at radius 1 is 1.12 bits per heavy atom. The molecule has 0 radical (unpaired) electrons. The Kier molecular flexibility index (Phi) is 8.66. The molecule has 0 saturated carbocycles. The zero-order chi connectivity index (χ0) is 24.9. The number of carbonyl (C=O) groups excluding carboxylic acids is 3. The van der Waals surface area contributed by atoms with E-state index in [-0.39, 0.29) is 36.7 Å². The Morgan fingerprint density at radius 3 is 2.44 bits per heavy atom. The van der Waals surface area contributed by atoms with Crippen LogP contribution < -0.4 is 0 Å². The summed E-state index contributed by atoms with van der Waals surface area (Å²) in [5.74, 6) is -1.40. The van der Waals surface area contributed by atoms with Gasteiger partial charge in [0, 0.05) is 42.4 Å². The maximum Gasteiger partial charge on any atom is 0.343 e. The average Bonchev–Trinajstić information content (AvgIpc) is 3.04. The van der Waals surface area contributed by atoms with Crippen molar-refractivity contribution in [2.75, 3.05) is 13.2 Å². The van der Waals surface area contributed by atoms with Gasteiger partial charge in [0.25, 0.3) is 0 Å². The molecule has 0 saturated heterocycles. The topological polar surface area (TPSA) is 104 Å². The summed E-state index contributed by atoms with van der Waals surface area (Å²) in [6.07, 6.45) is 12.6. The number of β-amino-alcohol motifs (C(OH)–C–C–N with tert-alkyl or cyclic N) is 1.